The molecular weight excluding hydrogens is 356 g/mol. The maximum Gasteiger partial charge on any atom is 0.230 e. The van der Waals surface area contributed by atoms with E-state index in [2.05, 4.69) is 34.7 Å². The van der Waals surface area contributed by atoms with Crippen LogP contribution in [0, 0.1) is 6.92 Å². The summed E-state index contributed by atoms with van der Waals surface area (Å²) in [6.45, 7) is 4.67. The maximum atomic E-state index is 12.0. The van der Waals surface area contributed by atoms with Crippen molar-refractivity contribution in [1.82, 2.24) is 20.1 Å². The van der Waals surface area contributed by atoms with Crippen LogP contribution >= 0.6 is 23.1 Å². The zero-order valence-corrected chi connectivity index (χ0v) is 16.0. The van der Waals surface area contributed by atoms with Crippen LogP contribution in [-0.2, 0) is 24.8 Å². The molecule has 3 aromatic rings. The molecule has 0 aromatic carbocycles. The van der Waals surface area contributed by atoms with Gasteiger partial charge >= 0.3 is 0 Å². The first-order valence-corrected chi connectivity index (χ1v) is 9.85. The van der Waals surface area contributed by atoms with Gasteiger partial charge in [-0.3, -0.25) is 4.79 Å². The number of aromatic nitrogens is 3. The van der Waals surface area contributed by atoms with E-state index >= 15 is 0 Å². The third-order valence-corrected chi connectivity index (χ3v) is 5.88. The van der Waals surface area contributed by atoms with Crippen molar-refractivity contribution < 1.29 is 9.21 Å². The molecule has 0 aliphatic heterocycles. The summed E-state index contributed by atoms with van der Waals surface area (Å²) >= 11 is 3.11. The second-order valence-electron chi connectivity index (χ2n) is 5.55. The van der Waals surface area contributed by atoms with Crippen molar-refractivity contribution in [3.63, 3.8) is 0 Å². The van der Waals surface area contributed by atoms with Gasteiger partial charge in [-0.1, -0.05) is 18.7 Å². The molecular formula is C17H20N4O2S2. The highest BCUT2D eigenvalue weighted by atomic mass is 32.2. The molecule has 1 amide bonds. The number of furan rings is 1. The Morgan fingerprint density at radius 3 is 3.00 bits per heavy atom. The Balaban J connectivity index is 1.62. The first-order valence-electron chi connectivity index (χ1n) is 7.98. The van der Waals surface area contributed by atoms with Gasteiger partial charge in [0.05, 0.1) is 18.6 Å². The Bertz CT molecular complexity index is 852. The number of carbonyl (C=O) groups is 1. The Morgan fingerprint density at radius 2 is 2.28 bits per heavy atom. The molecule has 0 saturated heterocycles. The number of hydrogen-bond donors (Lipinski definition) is 1. The van der Waals surface area contributed by atoms with Crippen LogP contribution < -0.4 is 5.32 Å². The second-order valence-corrected chi connectivity index (χ2v) is 7.57. The second kappa shape index (κ2) is 7.88. The van der Waals surface area contributed by atoms with E-state index in [1.807, 2.05) is 17.7 Å². The van der Waals surface area contributed by atoms with Crippen molar-refractivity contribution in [3.05, 3.63) is 40.0 Å². The number of nitrogens with zero attached hydrogens (tertiary/aromatic N) is 3. The molecule has 1 N–H and O–H groups in total. The summed E-state index contributed by atoms with van der Waals surface area (Å²) in [6, 6.07) is 3.63. The predicted molar refractivity (Wildman–Crippen MR) is 99.7 cm³/mol. The minimum absolute atomic E-state index is 0.0634. The summed E-state index contributed by atoms with van der Waals surface area (Å²) in [6.07, 6.45) is 2.56. The van der Waals surface area contributed by atoms with Gasteiger partial charge in [0.15, 0.2) is 11.0 Å². The summed E-state index contributed by atoms with van der Waals surface area (Å²) in [7, 11) is 1.94. The number of thioether (sulfide) groups is 1. The number of hydrogen-bond acceptors (Lipinski definition) is 6. The normalized spacial score (nSPS) is 11.0. The van der Waals surface area contributed by atoms with Crippen molar-refractivity contribution in [2.45, 2.75) is 32.0 Å². The molecule has 0 saturated carbocycles. The van der Waals surface area contributed by atoms with Crippen molar-refractivity contribution in [1.29, 1.82) is 0 Å². The molecule has 0 fully saturated rings. The van der Waals surface area contributed by atoms with Crippen LogP contribution in [0.3, 0.4) is 0 Å². The van der Waals surface area contributed by atoms with E-state index in [9.17, 15) is 4.79 Å². The third-order valence-electron chi connectivity index (χ3n) is 3.91. The average molecular weight is 377 g/mol. The largest absolute Gasteiger partial charge is 0.467 e. The lowest BCUT2D eigenvalue weighted by Crippen LogP contribution is -2.24. The van der Waals surface area contributed by atoms with Gasteiger partial charge in [0.25, 0.3) is 0 Å². The molecule has 6 nitrogen and oxygen atoms in total. The quantitative estimate of drug-likeness (QED) is 0.640. The number of thiophene rings is 1. The van der Waals surface area contributed by atoms with Crippen molar-refractivity contribution in [2.24, 2.45) is 7.05 Å². The van der Waals surface area contributed by atoms with Gasteiger partial charge in [-0.05, 0) is 31.0 Å². The summed E-state index contributed by atoms with van der Waals surface area (Å²) in [5.41, 5.74) is 2.45. The molecule has 25 heavy (non-hydrogen) atoms. The van der Waals surface area contributed by atoms with Gasteiger partial charge in [-0.15, -0.1) is 21.5 Å². The number of amides is 1. The lowest BCUT2D eigenvalue weighted by Gasteiger charge is -2.05. The maximum absolute atomic E-state index is 12.0. The number of rotatable bonds is 7. The van der Waals surface area contributed by atoms with Crippen LogP contribution in [0.15, 0.2) is 33.3 Å². The molecule has 3 aromatic heterocycles. The van der Waals surface area contributed by atoms with Crippen molar-refractivity contribution >= 4 is 29.0 Å². The Hall–Kier alpha value is -2.06. The Labute approximate surface area is 154 Å². The molecule has 0 atom stereocenters. The number of nitrogens with one attached hydrogen (secondary N) is 1. The Morgan fingerprint density at radius 1 is 1.44 bits per heavy atom. The molecule has 0 aliphatic carbocycles. The average Bonchev–Trinajstić information content (AvgIpc) is 3.32. The summed E-state index contributed by atoms with van der Waals surface area (Å²) in [4.78, 5) is 13.3. The van der Waals surface area contributed by atoms with Gasteiger partial charge in [0, 0.05) is 22.9 Å². The van der Waals surface area contributed by atoms with Crippen LogP contribution in [0.1, 0.15) is 23.1 Å². The van der Waals surface area contributed by atoms with Gasteiger partial charge in [-0.25, -0.2) is 0 Å². The highest BCUT2D eigenvalue weighted by Gasteiger charge is 2.17. The van der Waals surface area contributed by atoms with E-state index in [1.54, 1.807) is 23.7 Å². The van der Waals surface area contributed by atoms with Crippen LogP contribution in [-0.4, -0.2) is 26.4 Å². The van der Waals surface area contributed by atoms with Crippen molar-refractivity contribution in [3.8, 4) is 11.4 Å². The number of aryl methyl sites for hydroxylation is 1. The zero-order valence-electron chi connectivity index (χ0n) is 14.4. The van der Waals surface area contributed by atoms with Crippen LogP contribution in [0.4, 0.5) is 0 Å². The topological polar surface area (TPSA) is 73.0 Å². The highest BCUT2D eigenvalue weighted by Crippen LogP contribution is 2.31. The van der Waals surface area contributed by atoms with Gasteiger partial charge < -0.3 is 14.3 Å². The van der Waals surface area contributed by atoms with E-state index in [0.717, 1.165) is 28.7 Å². The van der Waals surface area contributed by atoms with E-state index < -0.39 is 0 Å². The highest BCUT2D eigenvalue weighted by molar-refractivity contribution is 7.99. The van der Waals surface area contributed by atoms with Gasteiger partial charge in [0.2, 0.25) is 5.91 Å². The lowest BCUT2D eigenvalue weighted by molar-refractivity contribution is -0.118. The molecule has 0 radical (unpaired) electrons. The molecule has 0 spiro atoms. The first kappa shape index (κ1) is 17.8. The summed E-state index contributed by atoms with van der Waals surface area (Å²) in [5.74, 6) is 1.81. The van der Waals surface area contributed by atoms with Crippen LogP contribution in [0.5, 0.6) is 0 Å². The zero-order chi connectivity index (χ0) is 17.8. The lowest BCUT2D eigenvalue weighted by atomic mass is 10.1. The predicted octanol–water partition coefficient (Wildman–Crippen LogP) is 3.42. The van der Waals surface area contributed by atoms with E-state index in [0.29, 0.717) is 6.54 Å². The fourth-order valence-corrected chi connectivity index (χ4v) is 4.24. The SMILES string of the molecule is CCc1c(-c2nnc(SCC(=O)NCc3ccco3)n2C)csc1C. The number of carbonyl (C=O) groups excluding carboxylic acids is 1. The molecule has 0 aliphatic rings. The van der Waals surface area contributed by atoms with Gasteiger partial charge in [-0.2, -0.15) is 0 Å². The summed E-state index contributed by atoms with van der Waals surface area (Å²) in [5, 5.41) is 14.2. The minimum Gasteiger partial charge on any atom is -0.467 e. The first-order chi connectivity index (χ1) is 12.1. The molecule has 0 unspecified atom stereocenters. The molecule has 0 bridgehead atoms. The van der Waals surface area contributed by atoms with Gasteiger partial charge in [0.1, 0.15) is 5.76 Å². The monoisotopic (exact) mass is 376 g/mol. The smallest absolute Gasteiger partial charge is 0.230 e. The van der Waals surface area contributed by atoms with Crippen LogP contribution in [0.2, 0.25) is 0 Å². The summed E-state index contributed by atoms with van der Waals surface area (Å²) < 4.78 is 7.14. The third kappa shape index (κ3) is 3.96. The molecule has 3 heterocycles. The van der Waals surface area contributed by atoms with Crippen molar-refractivity contribution in [2.75, 3.05) is 5.75 Å². The van der Waals surface area contributed by atoms with E-state index in [1.165, 1.54) is 22.2 Å². The Kier molecular flexibility index (Phi) is 5.60. The minimum atomic E-state index is -0.0634. The fourth-order valence-electron chi connectivity index (χ4n) is 2.56. The van der Waals surface area contributed by atoms with E-state index in [-0.39, 0.29) is 11.7 Å². The van der Waals surface area contributed by atoms with Crippen LogP contribution in [0.25, 0.3) is 11.4 Å². The standard InChI is InChI=1S/C17H20N4O2S2/c1-4-13-11(2)24-9-14(13)16-19-20-17(21(16)3)25-10-15(22)18-8-12-6-5-7-23-12/h5-7,9H,4,8,10H2,1-3H3,(H,18,22). The van der Waals surface area contributed by atoms with E-state index in [4.69, 9.17) is 4.42 Å². The molecule has 3 rings (SSSR count). The molecule has 132 valence electrons. The molecule has 8 heteroatoms. The fraction of sp³-hybridized carbons (Fsp3) is 0.353.